The number of nitrogens with zero attached hydrogens (tertiary/aromatic N) is 1. The van der Waals surface area contributed by atoms with E-state index in [0.29, 0.717) is 0 Å². The molecule has 0 saturated carbocycles. The number of rotatable bonds is 4. The van der Waals surface area contributed by atoms with Gasteiger partial charge in [-0.3, -0.25) is 19.8 Å². The zero-order valence-corrected chi connectivity index (χ0v) is 12.3. The minimum Gasteiger partial charge on any atom is -0.388 e. The Morgan fingerprint density at radius 2 is 2.18 bits per heavy atom. The van der Waals surface area contributed by atoms with Gasteiger partial charge in [0.15, 0.2) is 5.11 Å². The number of ether oxygens (including phenoxy) is 1. The summed E-state index contributed by atoms with van der Waals surface area (Å²) in [7, 11) is 0. The summed E-state index contributed by atoms with van der Waals surface area (Å²) in [6.45, 7) is 3.46. The van der Waals surface area contributed by atoms with Crippen LogP contribution in [0.2, 0.25) is 0 Å². The first-order chi connectivity index (χ1) is 10.4. The van der Waals surface area contributed by atoms with E-state index in [2.05, 4.69) is 11.9 Å². The second-order valence-corrected chi connectivity index (χ2v) is 5.28. The Bertz CT molecular complexity index is 549. The molecule has 2 amide bonds. The summed E-state index contributed by atoms with van der Waals surface area (Å²) >= 11 is 4.89. The first kappa shape index (κ1) is 16.7. The number of amides is 2. The van der Waals surface area contributed by atoms with Crippen LogP contribution in [0.5, 0.6) is 0 Å². The van der Waals surface area contributed by atoms with Crippen LogP contribution in [0, 0.1) is 0 Å². The molecule has 2 aliphatic heterocycles. The number of hydrogen-bond donors (Lipinski definition) is 4. The second-order valence-electron chi connectivity index (χ2n) is 4.89. The predicted molar refractivity (Wildman–Crippen MR) is 78.5 cm³/mol. The molecule has 0 aromatic carbocycles. The van der Waals surface area contributed by atoms with E-state index in [1.54, 1.807) is 0 Å². The SMILES string of the molecule is C=CCN1C(=O)/C(=C/[C@H](O)[C@H]2OC[C@@H](O)[C@@H]2O)C(=O)NC1=S. The first-order valence-corrected chi connectivity index (χ1v) is 6.93. The van der Waals surface area contributed by atoms with Crippen LogP contribution in [0.25, 0.3) is 0 Å². The monoisotopic (exact) mass is 328 g/mol. The minimum absolute atomic E-state index is 0.0471. The lowest BCUT2D eigenvalue weighted by molar-refractivity contribution is -0.128. The molecule has 4 N–H and O–H groups in total. The number of carbonyl (C=O) groups is 2. The summed E-state index contributed by atoms with van der Waals surface area (Å²) in [5.74, 6) is -1.43. The van der Waals surface area contributed by atoms with Crippen molar-refractivity contribution in [1.82, 2.24) is 10.2 Å². The molecule has 120 valence electrons. The second kappa shape index (κ2) is 6.63. The van der Waals surface area contributed by atoms with Gasteiger partial charge in [0.05, 0.1) is 6.61 Å². The van der Waals surface area contributed by atoms with Crippen molar-refractivity contribution in [2.24, 2.45) is 0 Å². The molecule has 0 aliphatic carbocycles. The summed E-state index contributed by atoms with van der Waals surface area (Å²) < 4.78 is 5.05. The highest BCUT2D eigenvalue weighted by atomic mass is 32.1. The zero-order valence-electron chi connectivity index (χ0n) is 11.5. The van der Waals surface area contributed by atoms with Crippen LogP contribution in [-0.4, -0.2) is 74.7 Å². The Hall–Kier alpha value is -1.65. The lowest BCUT2D eigenvalue weighted by atomic mass is 10.0. The van der Waals surface area contributed by atoms with E-state index in [9.17, 15) is 24.9 Å². The van der Waals surface area contributed by atoms with Gasteiger partial charge in [-0.25, -0.2) is 0 Å². The summed E-state index contributed by atoms with van der Waals surface area (Å²) in [5.41, 5.74) is -0.319. The highest BCUT2D eigenvalue weighted by Gasteiger charge is 2.40. The van der Waals surface area contributed by atoms with Gasteiger partial charge in [0, 0.05) is 6.54 Å². The number of aliphatic hydroxyl groups is 3. The Labute approximate surface area is 131 Å². The largest absolute Gasteiger partial charge is 0.388 e. The third-order valence-electron chi connectivity index (χ3n) is 3.36. The molecule has 2 heterocycles. The topological polar surface area (TPSA) is 119 Å². The van der Waals surface area contributed by atoms with Gasteiger partial charge in [0.2, 0.25) is 0 Å². The van der Waals surface area contributed by atoms with Crippen molar-refractivity contribution in [3.63, 3.8) is 0 Å². The molecule has 9 heteroatoms. The van der Waals surface area contributed by atoms with Crippen LogP contribution in [0.1, 0.15) is 0 Å². The van der Waals surface area contributed by atoms with Crippen molar-refractivity contribution >= 4 is 29.1 Å². The standard InChI is InChI=1S/C13H16N2O6S/c1-2-3-15-12(20)6(11(19)14-13(15)22)4-7(16)10-9(18)8(17)5-21-10/h2,4,7-10,16-18H,1,3,5H2,(H,14,19,22)/b6-4+/t7-,8+,9-,10+/m0/s1. The summed E-state index contributed by atoms with van der Waals surface area (Å²) in [6, 6.07) is 0. The molecule has 0 bridgehead atoms. The molecular formula is C13H16N2O6S. The van der Waals surface area contributed by atoms with Crippen molar-refractivity contribution in [3.8, 4) is 0 Å². The number of thiocarbonyl (C=S) groups is 1. The van der Waals surface area contributed by atoms with Crippen LogP contribution in [0.3, 0.4) is 0 Å². The number of hydrogen-bond acceptors (Lipinski definition) is 7. The van der Waals surface area contributed by atoms with E-state index in [1.807, 2.05) is 0 Å². The lowest BCUT2D eigenvalue weighted by Crippen LogP contribution is -2.54. The average Bonchev–Trinajstić information content (AvgIpc) is 2.79. The first-order valence-electron chi connectivity index (χ1n) is 6.52. The molecule has 2 rings (SSSR count). The molecule has 2 saturated heterocycles. The molecule has 0 spiro atoms. The molecular weight excluding hydrogens is 312 g/mol. The summed E-state index contributed by atoms with van der Waals surface area (Å²) in [6.07, 6.45) is -2.56. The fourth-order valence-corrected chi connectivity index (χ4v) is 2.45. The normalized spacial score (nSPS) is 32.3. The van der Waals surface area contributed by atoms with Crippen LogP contribution >= 0.6 is 12.2 Å². The van der Waals surface area contributed by atoms with Crippen LogP contribution in [0.4, 0.5) is 0 Å². The van der Waals surface area contributed by atoms with Crippen LogP contribution in [0.15, 0.2) is 24.3 Å². The van der Waals surface area contributed by atoms with E-state index in [0.717, 1.165) is 11.0 Å². The molecule has 0 aromatic rings. The maximum atomic E-state index is 12.2. The van der Waals surface area contributed by atoms with E-state index < -0.39 is 36.2 Å². The van der Waals surface area contributed by atoms with Gasteiger partial charge >= 0.3 is 0 Å². The highest BCUT2D eigenvalue weighted by molar-refractivity contribution is 7.80. The van der Waals surface area contributed by atoms with Crippen LogP contribution in [-0.2, 0) is 14.3 Å². The third kappa shape index (κ3) is 3.08. The highest BCUT2D eigenvalue weighted by Crippen LogP contribution is 2.20. The van der Waals surface area contributed by atoms with E-state index in [4.69, 9.17) is 17.0 Å². The molecule has 0 radical (unpaired) electrons. The van der Waals surface area contributed by atoms with Gasteiger partial charge in [-0.15, -0.1) is 6.58 Å². The fourth-order valence-electron chi connectivity index (χ4n) is 2.20. The predicted octanol–water partition coefficient (Wildman–Crippen LogP) is -2.18. The quantitative estimate of drug-likeness (QED) is 0.201. The molecule has 2 fully saturated rings. The maximum absolute atomic E-state index is 12.2. The summed E-state index contributed by atoms with van der Waals surface area (Å²) in [5, 5.41) is 31.4. The van der Waals surface area contributed by atoms with Gasteiger partial charge in [0.1, 0.15) is 30.0 Å². The molecule has 2 aliphatic rings. The summed E-state index contributed by atoms with van der Waals surface area (Å²) in [4.78, 5) is 25.2. The number of aliphatic hydroxyl groups excluding tert-OH is 3. The van der Waals surface area contributed by atoms with E-state index in [-0.39, 0.29) is 23.8 Å². The van der Waals surface area contributed by atoms with Gasteiger partial charge in [0.25, 0.3) is 11.8 Å². The van der Waals surface area contributed by atoms with Crippen molar-refractivity contribution < 1.29 is 29.6 Å². The molecule has 8 nitrogen and oxygen atoms in total. The van der Waals surface area contributed by atoms with Crippen molar-refractivity contribution in [1.29, 1.82) is 0 Å². The molecule has 4 atom stereocenters. The Balaban J connectivity index is 2.21. The van der Waals surface area contributed by atoms with Gasteiger partial charge in [-0.2, -0.15) is 0 Å². The molecule has 22 heavy (non-hydrogen) atoms. The molecule has 0 unspecified atom stereocenters. The van der Waals surface area contributed by atoms with E-state index in [1.165, 1.54) is 6.08 Å². The minimum atomic E-state index is -1.44. The third-order valence-corrected chi connectivity index (χ3v) is 3.68. The smallest absolute Gasteiger partial charge is 0.265 e. The van der Waals surface area contributed by atoms with Gasteiger partial charge < -0.3 is 20.1 Å². The van der Waals surface area contributed by atoms with Crippen molar-refractivity contribution in [3.05, 3.63) is 24.3 Å². The Morgan fingerprint density at radius 1 is 1.50 bits per heavy atom. The number of nitrogens with one attached hydrogen (secondary N) is 1. The Morgan fingerprint density at radius 3 is 2.73 bits per heavy atom. The maximum Gasteiger partial charge on any atom is 0.265 e. The molecule has 0 aromatic heterocycles. The average molecular weight is 328 g/mol. The van der Waals surface area contributed by atoms with E-state index >= 15 is 0 Å². The van der Waals surface area contributed by atoms with Crippen molar-refractivity contribution in [2.45, 2.75) is 24.4 Å². The van der Waals surface area contributed by atoms with Crippen LogP contribution < -0.4 is 5.32 Å². The Kier molecular flexibility index (Phi) is 5.04. The lowest BCUT2D eigenvalue weighted by Gasteiger charge is -2.28. The number of carbonyl (C=O) groups excluding carboxylic acids is 2. The fraction of sp³-hybridized carbons (Fsp3) is 0.462. The zero-order chi connectivity index (χ0) is 16.4. The van der Waals surface area contributed by atoms with Gasteiger partial charge in [-0.1, -0.05) is 6.08 Å². The van der Waals surface area contributed by atoms with Crippen molar-refractivity contribution in [2.75, 3.05) is 13.2 Å². The van der Waals surface area contributed by atoms with Gasteiger partial charge in [-0.05, 0) is 18.3 Å².